The molecule has 0 fully saturated rings. The molecule has 0 bridgehead atoms. The number of benzene rings is 3. The van der Waals surface area contributed by atoms with E-state index in [1.54, 1.807) is 24.3 Å². The molecule has 4 aromatic rings. The second-order valence-electron chi connectivity index (χ2n) is 8.76. The molecule has 0 saturated carbocycles. The van der Waals surface area contributed by atoms with Gasteiger partial charge in [-0.2, -0.15) is 0 Å². The number of nitrogens with two attached hydrogens (primary N) is 1. The Bertz CT molecular complexity index is 1450. The van der Waals surface area contributed by atoms with Crippen molar-refractivity contribution in [1.29, 1.82) is 5.41 Å². The number of carbonyl (C=O) groups excluding carboxylic acids is 1. The summed E-state index contributed by atoms with van der Waals surface area (Å²) in [5.74, 6) is -0.264. The summed E-state index contributed by atoms with van der Waals surface area (Å²) in [7, 11) is 0. The van der Waals surface area contributed by atoms with Gasteiger partial charge in [-0.3, -0.25) is 19.6 Å². The minimum absolute atomic E-state index is 0.0209. The number of carbonyl (C=O) groups is 1. The van der Waals surface area contributed by atoms with E-state index in [9.17, 15) is 9.59 Å². The predicted molar refractivity (Wildman–Crippen MR) is 152 cm³/mol. The third kappa shape index (κ3) is 6.86. The molecular formula is C29H29ClN6O2. The van der Waals surface area contributed by atoms with E-state index in [4.69, 9.17) is 22.7 Å². The van der Waals surface area contributed by atoms with E-state index in [0.29, 0.717) is 23.4 Å². The zero-order valence-corrected chi connectivity index (χ0v) is 21.5. The minimum atomic E-state index is -0.422. The first-order valence-corrected chi connectivity index (χ1v) is 12.6. The Balaban J connectivity index is 1.51. The molecule has 4 rings (SSSR count). The lowest BCUT2D eigenvalue weighted by atomic mass is 10.1. The summed E-state index contributed by atoms with van der Waals surface area (Å²) in [4.78, 5) is 30.7. The number of nitrogens with zero attached hydrogens (tertiary/aromatic N) is 2. The molecule has 9 heteroatoms. The Kier molecular flexibility index (Phi) is 8.89. The van der Waals surface area contributed by atoms with Gasteiger partial charge in [-0.25, -0.2) is 4.98 Å². The van der Waals surface area contributed by atoms with Gasteiger partial charge in [-0.15, -0.1) is 0 Å². The maximum Gasteiger partial charge on any atom is 0.294 e. The van der Waals surface area contributed by atoms with Gasteiger partial charge in [0, 0.05) is 24.2 Å². The summed E-state index contributed by atoms with van der Waals surface area (Å²) >= 11 is 6.58. The largest absolute Gasteiger partial charge is 0.384 e. The summed E-state index contributed by atoms with van der Waals surface area (Å²) in [6.45, 7) is 0.561. The summed E-state index contributed by atoms with van der Waals surface area (Å²) in [6.07, 6.45) is 1.65. The quantitative estimate of drug-likeness (QED) is 0.132. The predicted octanol–water partition coefficient (Wildman–Crippen LogP) is 4.21. The number of nitrogens with one attached hydrogen (secondary N) is 3. The molecule has 8 nitrogen and oxygen atoms in total. The maximum atomic E-state index is 13.5. The fourth-order valence-electron chi connectivity index (χ4n) is 4.02. The first kappa shape index (κ1) is 26.6. The molecule has 0 saturated heterocycles. The topological polar surface area (TPSA) is 126 Å². The first-order chi connectivity index (χ1) is 18.4. The highest BCUT2D eigenvalue weighted by Gasteiger charge is 2.19. The fraction of sp³-hybridized carbons (Fsp3) is 0.172. The molecule has 5 N–H and O–H groups in total. The monoisotopic (exact) mass is 528 g/mol. The van der Waals surface area contributed by atoms with Crippen LogP contribution in [0.5, 0.6) is 0 Å². The Hall–Kier alpha value is -4.43. The van der Waals surface area contributed by atoms with Gasteiger partial charge in [0.25, 0.3) is 5.56 Å². The molecule has 0 aliphatic heterocycles. The molecule has 1 amide bonds. The molecule has 0 aliphatic carbocycles. The number of hydrogen-bond acceptors (Lipinski definition) is 5. The van der Waals surface area contributed by atoms with Gasteiger partial charge in [-0.1, -0.05) is 96.5 Å². The van der Waals surface area contributed by atoms with Crippen LogP contribution in [-0.2, 0) is 24.3 Å². The van der Waals surface area contributed by atoms with E-state index in [2.05, 4.69) is 27.8 Å². The number of amidine groups is 1. The molecule has 38 heavy (non-hydrogen) atoms. The van der Waals surface area contributed by atoms with Crippen molar-refractivity contribution in [2.45, 2.75) is 25.9 Å². The van der Waals surface area contributed by atoms with Crippen LogP contribution in [-0.4, -0.2) is 27.8 Å². The number of anilines is 1. The Morgan fingerprint density at radius 3 is 2.26 bits per heavy atom. The lowest BCUT2D eigenvalue weighted by molar-refractivity contribution is -0.121. The van der Waals surface area contributed by atoms with Crippen LogP contribution in [0.1, 0.15) is 23.1 Å². The van der Waals surface area contributed by atoms with Gasteiger partial charge >= 0.3 is 0 Å². The zero-order chi connectivity index (χ0) is 26.9. The van der Waals surface area contributed by atoms with Crippen molar-refractivity contribution in [3.8, 4) is 11.3 Å². The highest BCUT2D eigenvalue weighted by atomic mass is 35.5. The van der Waals surface area contributed by atoms with Crippen LogP contribution in [0.25, 0.3) is 11.3 Å². The number of amides is 1. The minimum Gasteiger partial charge on any atom is -0.384 e. The molecule has 0 radical (unpaired) electrons. The summed E-state index contributed by atoms with van der Waals surface area (Å²) in [6, 6.07) is 26.3. The smallest absolute Gasteiger partial charge is 0.294 e. The molecule has 3 aromatic carbocycles. The molecule has 0 atom stereocenters. The van der Waals surface area contributed by atoms with Crippen LogP contribution in [0.15, 0.2) is 89.7 Å². The van der Waals surface area contributed by atoms with Gasteiger partial charge in [0.2, 0.25) is 5.91 Å². The van der Waals surface area contributed by atoms with Crippen LogP contribution in [0, 0.1) is 5.41 Å². The first-order valence-electron chi connectivity index (χ1n) is 12.3. The molecule has 0 unspecified atom stereocenters. The molecule has 0 aliphatic rings. The zero-order valence-electron chi connectivity index (χ0n) is 20.8. The summed E-state index contributed by atoms with van der Waals surface area (Å²) in [5.41, 5.74) is 8.80. The third-order valence-corrected chi connectivity index (χ3v) is 6.27. The van der Waals surface area contributed by atoms with Crippen molar-refractivity contribution in [1.82, 2.24) is 14.9 Å². The van der Waals surface area contributed by atoms with Crippen LogP contribution in [0.2, 0.25) is 5.15 Å². The van der Waals surface area contributed by atoms with Gasteiger partial charge in [0.15, 0.2) is 11.0 Å². The lowest BCUT2D eigenvalue weighted by Gasteiger charge is -2.17. The molecule has 194 valence electrons. The maximum absolute atomic E-state index is 13.5. The standard InChI is InChI=1S/C29H29ClN6O2/c30-26-25(22-11-5-2-6-12-22)36(19-24(37)34-18-21-13-15-23(16-14-21)27(31)32)29(38)28(35-26)33-17-7-10-20-8-3-1-4-9-20/h1-6,8-9,11-16H,7,10,17-19H2,(H3,31,32)(H,33,35)(H,34,37). The number of aryl methyl sites for hydroxylation is 1. The highest BCUT2D eigenvalue weighted by molar-refractivity contribution is 6.32. The van der Waals surface area contributed by atoms with Crippen molar-refractivity contribution < 1.29 is 4.79 Å². The average Bonchev–Trinajstić information content (AvgIpc) is 2.93. The highest BCUT2D eigenvalue weighted by Crippen LogP contribution is 2.26. The Morgan fingerprint density at radius 2 is 1.61 bits per heavy atom. The van der Waals surface area contributed by atoms with Gasteiger partial charge in [-0.05, 0) is 24.0 Å². The van der Waals surface area contributed by atoms with Crippen LogP contribution in [0.4, 0.5) is 5.82 Å². The van der Waals surface area contributed by atoms with Gasteiger partial charge in [0.05, 0.1) is 5.69 Å². The van der Waals surface area contributed by atoms with Crippen molar-refractivity contribution in [3.05, 3.63) is 117 Å². The van der Waals surface area contributed by atoms with Crippen LogP contribution in [0.3, 0.4) is 0 Å². The van der Waals surface area contributed by atoms with Crippen molar-refractivity contribution in [3.63, 3.8) is 0 Å². The van der Waals surface area contributed by atoms with Crippen molar-refractivity contribution in [2.24, 2.45) is 5.73 Å². The number of hydrogen-bond donors (Lipinski definition) is 4. The van der Waals surface area contributed by atoms with E-state index in [1.165, 1.54) is 10.1 Å². The SMILES string of the molecule is N=C(N)c1ccc(CNC(=O)Cn2c(-c3ccccc3)c(Cl)nc(NCCCc3ccccc3)c2=O)cc1. The summed E-state index contributed by atoms with van der Waals surface area (Å²) in [5, 5.41) is 13.6. The lowest BCUT2D eigenvalue weighted by Crippen LogP contribution is -2.34. The Labute approximate surface area is 226 Å². The van der Waals surface area contributed by atoms with E-state index in [-0.39, 0.29) is 35.8 Å². The van der Waals surface area contributed by atoms with E-state index in [0.717, 1.165) is 18.4 Å². The number of nitrogen functional groups attached to an aromatic ring is 1. The van der Waals surface area contributed by atoms with E-state index >= 15 is 0 Å². The van der Waals surface area contributed by atoms with Crippen molar-refractivity contribution >= 4 is 29.2 Å². The van der Waals surface area contributed by atoms with Crippen molar-refractivity contribution in [2.75, 3.05) is 11.9 Å². The normalized spacial score (nSPS) is 10.7. The average molecular weight is 529 g/mol. The van der Waals surface area contributed by atoms with Crippen LogP contribution < -0.4 is 21.9 Å². The fourth-order valence-corrected chi connectivity index (χ4v) is 4.32. The molecular weight excluding hydrogens is 500 g/mol. The van der Waals surface area contributed by atoms with Gasteiger partial charge < -0.3 is 16.4 Å². The van der Waals surface area contributed by atoms with Crippen LogP contribution >= 0.6 is 11.6 Å². The second-order valence-corrected chi connectivity index (χ2v) is 9.12. The Morgan fingerprint density at radius 1 is 0.947 bits per heavy atom. The molecule has 0 spiro atoms. The summed E-state index contributed by atoms with van der Waals surface area (Å²) < 4.78 is 1.36. The third-order valence-electron chi connectivity index (χ3n) is 6.00. The number of aromatic nitrogens is 2. The molecule has 1 heterocycles. The molecule has 1 aromatic heterocycles. The number of rotatable bonds is 11. The second kappa shape index (κ2) is 12.7. The number of halogens is 1. The van der Waals surface area contributed by atoms with E-state index < -0.39 is 5.56 Å². The van der Waals surface area contributed by atoms with E-state index in [1.807, 2.05) is 48.5 Å². The van der Waals surface area contributed by atoms with Gasteiger partial charge in [0.1, 0.15) is 12.4 Å².